The number of rotatable bonds is 64. The fourth-order valence-electron chi connectivity index (χ4n) is 13.3. The van der Waals surface area contributed by atoms with E-state index in [2.05, 4.69) is 129 Å². The number of allylic oxidation sites excluding steroid dienone is 18. The number of amides is 1. The highest BCUT2D eigenvalue weighted by atomic mass is 16.8. The average molecular weight is 1470 g/mol. The minimum Gasteiger partial charge on any atom is -0.394 e. The second-order valence-electron chi connectivity index (χ2n) is 28.9. The zero-order chi connectivity index (χ0) is 75.3. The molecule has 3 rings (SSSR count). The molecule has 0 spiro atoms. The summed E-state index contributed by atoms with van der Waals surface area (Å²) in [6.07, 6.45) is 61.7. The number of carbonyl (C=O) groups excluding carboxylic acids is 1. The van der Waals surface area contributed by atoms with Crippen molar-refractivity contribution in [2.24, 2.45) is 0 Å². The molecule has 600 valence electrons. The van der Waals surface area contributed by atoms with E-state index in [0.29, 0.717) is 12.8 Å². The molecule has 1 amide bonds. The number of carbonyl (C=O) groups is 1. The predicted molar refractivity (Wildman–Crippen MR) is 415 cm³/mol. The molecule has 0 aromatic carbocycles. The van der Waals surface area contributed by atoms with Gasteiger partial charge in [0, 0.05) is 6.42 Å². The van der Waals surface area contributed by atoms with Gasteiger partial charge in [0.05, 0.1) is 38.6 Å². The van der Waals surface area contributed by atoms with E-state index in [0.717, 1.165) is 109 Å². The Balaban J connectivity index is 1.31. The normalized spacial score (nSPS) is 26.5. The van der Waals surface area contributed by atoms with Crippen LogP contribution in [0.1, 0.15) is 290 Å². The quantitative estimate of drug-likeness (QED) is 0.0199. The lowest BCUT2D eigenvalue weighted by atomic mass is 9.96. The Labute approximate surface area is 627 Å². The molecule has 17 atom stereocenters. The molecular weight excluding hydrogens is 1320 g/mol. The van der Waals surface area contributed by atoms with Gasteiger partial charge in [-0.2, -0.15) is 0 Å². The minimum absolute atomic E-state index is 0.245. The Morgan fingerprint density at radius 3 is 1.04 bits per heavy atom. The van der Waals surface area contributed by atoms with Crippen LogP contribution in [0.2, 0.25) is 0 Å². The van der Waals surface area contributed by atoms with Crippen LogP contribution in [0, 0.1) is 0 Å². The molecule has 0 bridgehead atoms. The van der Waals surface area contributed by atoms with E-state index in [1.54, 1.807) is 0 Å². The maximum Gasteiger partial charge on any atom is 0.220 e. The van der Waals surface area contributed by atoms with E-state index < -0.39 is 124 Å². The van der Waals surface area contributed by atoms with Crippen molar-refractivity contribution in [3.63, 3.8) is 0 Å². The van der Waals surface area contributed by atoms with Crippen molar-refractivity contribution in [2.45, 2.75) is 394 Å². The number of ether oxygens (including phenoxy) is 6. The van der Waals surface area contributed by atoms with Gasteiger partial charge in [-0.15, -0.1) is 0 Å². The van der Waals surface area contributed by atoms with Gasteiger partial charge in [0.2, 0.25) is 5.91 Å². The summed E-state index contributed by atoms with van der Waals surface area (Å²) in [5.74, 6) is -0.245. The first kappa shape index (κ1) is 94.7. The fourth-order valence-corrected chi connectivity index (χ4v) is 13.3. The lowest BCUT2D eigenvalue weighted by molar-refractivity contribution is -0.379. The lowest BCUT2D eigenvalue weighted by Gasteiger charge is -2.48. The minimum atomic E-state index is -1.98. The number of unbranched alkanes of at least 4 members (excludes halogenated alkanes) is 30. The van der Waals surface area contributed by atoms with Gasteiger partial charge in [0.1, 0.15) is 73.2 Å². The summed E-state index contributed by atoms with van der Waals surface area (Å²) in [7, 11) is 0. The molecule has 104 heavy (non-hydrogen) atoms. The molecule has 19 heteroatoms. The Hall–Kier alpha value is -3.55. The van der Waals surface area contributed by atoms with Crippen molar-refractivity contribution in [3.8, 4) is 0 Å². The molecule has 12 N–H and O–H groups in total. The van der Waals surface area contributed by atoms with Crippen molar-refractivity contribution < 1.29 is 89.4 Å². The van der Waals surface area contributed by atoms with E-state index in [9.17, 15) is 61.0 Å². The van der Waals surface area contributed by atoms with Gasteiger partial charge in [-0.3, -0.25) is 4.79 Å². The van der Waals surface area contributed by atoms with Gasteiger partial charge in [-0.1, -0.05) is 309 Å². The topological polar surface area (TPSA) is 307 Å². The number of aliphatic hydroxyl groups is 11. The summed E-state index contributed by atoms with van der Waals surface area (Å²) < 4.78 is 34.5. The van der Waals surface area contributed by atoms with E-state index in [-0.39, 0.29) is 18.9 Å². The summed E-state index contributed by atoms with van der Waals surface area (Å²) in [5.41, 5.74) is 0. The third-order valence-electron chi connectivity index (χ3n) is 19.9. The van der Waals surface area contributed by atoms with E-state index >= 15 is 0 Å². The van der Waals surface area contributed by atoms with E-state index in [1.165, 1.54) is 148 Å². The highest BCUT2D eigenvalue weighted by molar-refractivity contribution is 5.76. The lowest BCUT2D eigenvalue weighted by Crippen LogP contribution is -2.66. The molecule has 0 radical (unpaired) electrons. The van der Waals surface area contributed by atoms with Gasteiger partial charge < -0.3 is 89.9 Å². The van der Waals surface area contributed by atoms with Gasteiger partial charge in [-0.25, -0.2) is 0 Å². The number of hydrogen-bond acceptors (Lipinski definition) is 18. The Bertz CT molecular complexity index is 2300. The monoisotopic (exact) mass is 1470 g/mol. The molecule has 0 aromatic rings. The van der Waals surface area contributed by atoms with Gasteiger partial charge in [0.25, 0.3) is 0 Å². The summed E-state index contributed by atoms with van der Waals surface area (Å²) in [4.78, 5) is 13.5. The fraction of sp³-hybridized carbons (Fsp3) is 0.776. The van der Waals surface area contributed by atoms with E-state index in [4.69, 9.17) is 28.4 Å². The first-order chi connectivity index (χ1) is 50.8. The van der Waals surface area contributed by atoms with E-state index in [1.807, 2.05) is 0 Å². The molecule has 3 aliphatic heterocycles. The largest absolute Gasteiger partial charge is 0.394 e. The van der Waals surface area contributed by atoms with Crippen LogP contribution >= 0.6 is 0 Å². The molecule has 3 heterocycles. The molecule has 3 saturated heterocycles. The van der Waals surface area contributed by atoms with Crippen LogP contribution in [0.4, 0.5) is 0 Å². The second kappa shape index (κ2) is 64.3. The van der Waals surface area contributed by atoms with Crippen LogP contribution in [-0.4, -0.2) is 193 Å². The summed E-state index contributed by atoms with van der Waals surface area (Å²) in [6.45, 7) is 1.70. The second-order valence-corrected chi connectivity index (χ2v) is 28.9. The molecule has 19 nitrogen and oxygen atoms in total. The maximum atomic E-state index is 13.5. The van der Waals surface area contributed by atoms with Crippen LogP contribution in [0.15, 0.2) is 109 Å². The van der Waals surface area contributed by atoms with Gasteiger partial charge in [-0.05, 0) is 83.5 Å². The summed E-state index contributed by atoms with van der Waals surface area (Å²) in [6, 6.07) is -0.894. The summed E-state index contributed by atoms with van der Waals surface area (Å²) in [5, 5.41) is 121. The van der Waals surface area contributed by atoms with Crippen LogP contribution < -0.4 is 5.32 Å². The Morgan fingerprint density at radius 1 is 0.356 bits per heavy atom. The number of hydrogen-bond donors (Lipinski definition) is 12. The Morgan fingerprint density at radius 2 is 0.663 bits per heavy atom. The van der Waals surface area contributed by atoms with Crippen molar-refractivity contribution >= 4 is 5.91 Å². The van der Waals surface area contributed by atoms with Crippen molar-refractivity contribution in [1.82, 2.24) is 5.32 Å². The SMILES string of the molecule is CC/C=C\C/C=C\C/C=C\C/C=C\C/C=C\C/C=C\C/C=C\C/C=C\C/C=C\CCCCCCCCCCCCCCCC(=O)NC(COC1OC(CO)C(OC2OC(CO)C(OC3OC(CO)C(O)C(O)C3O)C(O)C2O)C(O)C1O)C(O)CCCCCCCCCCCCCCCCCCCC. The summed E-state index contributed by atoms with van der Waals surface area (Å²) >= 11 is 0. The molecular formula is C85H147NO18. The standard InChI is InChI=1S/C85H147NO18/c1-3-5-7-9-11-13-15-17-19-21-23-24-25-26-27-28-29-30-31-32-33-34-35-36-37-38-39-40-41-42-43-44-45-47-49-51-53-55-57-59-61-63-73(91)86-68(69(90)62-60-58-56-54-52-50-48-46-22-20-18-16-14-12-10-8-6-4-2)67-99-83-79(97)76(94)81(71(65-88)101-83)104-85-80(98)77(95)82(72(66-89)102-85)103-84-78(96)75(93)74(92)70(64-87)100-84/h5,7,11,13,17,19,23-24,26-27,29-30,32-33,35-36,38-39,68-72,74-85,87-90,92-98H,3-4,6,8-10,12,14-16,18,20-22,25,28,31,34,37,40-67H2,1-2H3,(H,86,91)/b7-5-,13-11-,19-17-,24-23-,27-26-,30-29-,33-32-,36-35-,39-38-. The first-order valence-electron chi connectivity index (χ1n) is 41.1. The van der Waals surface area contributed by atoms with Crippen molar-refractivity contribution in [1.29, 1.82) is 0 Å². The molecule has 0 saturated carbocycles. The molecule has 0 aromatic heterocycles. The highest BCUT2D eigenvalue weighted by Gasteiger charge is 2.54. The van der Waals surface area contributed by atoms with Gasteiger partial charge >= 0.3 is 0 Å². The molecule has 0 aliphatic carbocycles. The van der Waals surface area contributed by atoms with Crippen molar-refractivity contribution in [3.05, 3.63) is 109 Å². The third-order valence-corrected chi connectivity index (χ3v) is 19.9. The smallest absolute Gasteiger partial charge is 0.220 e. The van der Waals surface area contributed by atoms with Crippen LogP contribution in [-0.2, 0) is 33.2 Å². The zero-order valence-electron chi connectivity index (χ0n) is 64.2. The van der Waals surface area contributed by atoms with Crippen LogP contribution in [0.3, 0.4) is 0 Å². The Kier molecular flexibility index (Phi) is 58.5. The molecule has 3 fully saturated rings. The predicted octanol–water partition coefficient (Wildman–Crippen LogP) is 14.1. The molecule has 3 aliphatic rings. The third kappa shape index (κ3) is 43.6. The molecule has 17 unspecified atom stereocenters. The van der Waals surface area contributed by atoms with Crippen LogP contribution in [0.25, 0.3) is 0 Å². The number of nitrogens with one attached hydrogen (secondary N) is 1. The zero-order valence-corrected chi connectivity index (χ0v) is 64.2. The number of aliphatic hydroxyl groups excluding tert-OH is 11. The highest BCUT2D eigenvalue weighted by Crippen LogP contribution is 2.33. The average Bonchev–Trinajstić information content (AvgIpc) is 0.783. The van der Waals surface area contributed by atoms with Crippen LogP contribution in [0.5, 0.6) is 0 Å². The van der Waals surface area contributed by atoms with Gasteiger partial charge in [0.15, 0.2) is 18.9 Å². The van der Waals surface area contributed by atoms with Crippen molar-refractivity contribution in [2.75, 3.05) is 26.4 Å². The first-order valence-corrected chi connectivity index (χ1v) is 41.1. The maximum absolute atomic E-state index is 13.5.